The van der Waals surface area contributed by atoms with Crippen molar-refractivity contribution in [2.75, 3.05) is 64.9 Å². The van der Waals surface area contributed by atoms with Crippen LogP contribution in [0.3, 0.4) is 0 Å². The second-order valence-electron chi connectivity index (χ2n) is 13.3. The molecule has 0 aliphatic carbocycles. The molecule has 11 nitrogen and oxygen atoms in total. The van der Waals surface area contributed by atoms with Gasteiger partial charge in [0.25, 0.3) is 0 Å². The van der Waals surface area contributed by atoms with Gasteiger partial charge in [0.15, 0.2) is 0 Å². The first kappa shape index (κ1) is 36.4. The molecule has 2 N–H and O–H groups in total. The van der Waals surface area contributed by atoms with Crippen LogP contribution in [0.1, 0.15) is 52.0 Å². The molecule has 3 heterocycles. The largest absolute Gasteiger partial charge is 0.457 e. The third kappa shape index (κ3) is 10.8. The fourth-order valence-electron chi connectivity index (χ4n) is 6.35. The average molecular weight is 659 g/mol. The van der Waals surface area contributed by atoms with Gasteiger partial charge >= 0.3 is 12.1 Å². The van der Waals surface area contributed by atoms with Gasteiger partial charge in [-0.1, -0.05) is 26.0 Å². The van der Waals surface area contributed by atoms with E-state index in [-0.39, 0.29) is 42.9 Å². The van der Waals surface area contributed by atoms with Gasteiger partial charge in [-0.2, -0.15) is 0 Å². The Bertz CT molecular complexity index is 1300. The zero-order valence-electron chi connectivity index (χ0n) is 28.3. The van der Waals surface area contributed by atoms with Crippen molar-refractivity contribution in [2.24, 2.45) is 11.8 Å². The molecule has 6 atom stereocenters. The number of methoxy groups -OCH3 is 1. The molecular formula is C35H51FN4O7. The summed E-state index contributed by atoms with van der Waals surface area (Å²) in [7, 11) is 3.49. The zero-order chi connectivity index (χ0) is 34.1. The summed E-state index contributed by atoms with van der Waals surface area (Å²) in [5.74, 6) is -1.50. The Morgan fingerprint density at radius 3 is 2.55 bits per heavy atom. The number of rotatable bonds is 7. The molecule has 4 rings (SSSR count). The number of halogens is 1. The Kier molecular flexibility index (Phi) is 13.2. The normalized spacial score (nSPS) is 29.0. The first-order valence-electron chi connectivity index (χ1n) is 16.6. The number of carbonyl (C=O) groups excluding carboxylic acids is 3. The van der Waals surface area contributed by atoms with Crippen molar-refractivity contribution in [2.45, 2.75) is 70.8 Å². The Hall–Kier alpha value is -3.48. The number of esters is 1. The van der Waals surface area contributed by atoms with Crippen molar-refractivity contribution in [3.05, 3.63) is 47.3 Å². The smallest absolute Gasteiger partial charge is 0.410 e. The number of cyclic esters (lactones) is 1. The van der Waals surface area contributed by atoms with Gasteiger partial charge in [0.2, 0.25) is 5.91 Å². The molecule has 0 aromatic heterocycles. The van der Waals surface area contributed by atoms with Crippen LogP contribution in [-0.2, 0) is 23.8 Å². The first-order valence-corrected chi connectivity index (χ1v) is 16.6. The molecule has 3 aliphatic heterocycles. The second kappa shape index (κ2) is 17.1. The molecule has 1 aromatic carbocycles. The molecule has 47 heavy (non-hydrogen) atoms. The number of ether oxygens (including phenoxy) is 3. The van der Waals surface area contributed by atoms with Crippen LogP contribution < -0.4 is 10.2 Å². The molecule has 1 aromatic rings. The number of hydrogen-bond donors (Lipinski definition) is 2. The van der Waals surface area contributed by atoms with Gasteiger partial charge < -0.3 is 39.3 Å². The Labute approximate surface area is 277 Å². The SMILES string of the molecule is COCC(=O)N[C@H]1CCN(c2cc(F)cc(/C=C(\C)[C@H]3OC(=O)C[C@H](O)CC[C@H](C)[C@@H](OC(=O)N4CCN(C)CC4)/C=C\[C@@H]3C)c2)C1. The minimum Gasteiger partial charge on any atom is -0.457 e. The maximum atomic E-state index is 14.9. The van der Waals surface area contributed by atoms with Crippen molar-refractivity contribution in [3.63, 3.8) is 0 Å². The van der Waals surface area contributed by atoms with E-state index < -0.39 is 30.1 Å². The van der Waals surface area contributed by atoms with Gasteiger partial charge in [-0.3, -0.25) is 9.59 Å². The number of amides is 2. The summed E-state index contributed by atoms with van der Waals surface area (Å²) in [5, 5.41) is 13.6. The molecule has 260 valence electrons. The van der Waals surface area contributed by atoms with Crippen LogP contribution in [0.2, 0.25) is 0 Å². The lowest BCUT2D eigenvalue weighted by atomic mass is 9.91. The van der Waals surface area contributed by atoms with E-state index >= 15 is 0 Å². The van der Waals surface area contributed by atoms with E-state index in [1.165, 1.54) is 19.2 Å². The van der Waals surface area contributed by atoms with Gasteiger partial charge in [0.05, 0.1) is 12.5 Å². The third-order valence-electron chi connectivity index (χ3n) is 9.20. The van der Waals surface area contributed by atoms with Crippen molar-refractivity contribution in [3.8, 4) is 0 Å². The summed E-state index contributed by atoms with van der Waals surface area (Å²) >= 11 is 0. The molecule has 2 saturated heterocycles. The molecule has 0 saturated carbocycles. The third-order valence-corrected chi connectivity index (χ3v) is 9.20. The minimum atomic E-state index is -0.892. The van der Waals surface area contributed by atoms with Crippen LogP contribution in [0.25, 0.3) is 6.08 Å². The van der Waals surface area contributed by atoms with Crippen molar-refractivity contribution < 1.29 is 38.1 Å². The van der Waals surface area contributed by atoms with E-state index in [9.17, 15) is 23.9 Å². The average Bonchev–Trinajstić information content (AvgIpc) is 3.48. The molecular weight excluding hydrogens is 607 g/mol. The molecule has 3 aliphatic rings. The van der Waals surface area contributed by atoms with Gasteiger partial charge in [-0.25, -0.2) is 9.18 Å². The summed E-state index contributed by atoms with van der Waals surface area (Å²) in [5.41, 5.74) is 2.00. The first-order chi connectivity index (χ1) is 22.4. The van der Waals surface area contributed by atoms with E-state index in [0.717, 1.165) is 19.5 Å². The topological polar surface area (TPSA) is 121 Å². The minimum absolute atomic E-state index is 0.00949. The Morgan fingerprint density at radius 1 is 1.09 bits per heavy atom. The van der Waals surface area contributed by atoms with Crippen LogP contribution in [-0.4, -0.2) is 117 Å². The van der Waals surface area contributed by atoms with E-state index in [1.807, 2.05) is 50.9 Å². The van der Waals surface area contributed by atoms with Crippen LogP contribution >= 0.6 is 0 Å². The predicted molar refractivity (Wildman–Crippen MR) is 177 cm³/mol. The fourth-order valence-corrected chi connectivity index (χ4v) is 6.35. The number of piperazine rings is 1. The number of aliphatic hydroxyl groups is 1. The monoisotopic (exact) mass is 658 g/mol. The van der Waals surface area contributed by atoms with Gasteiger partial charge in [-0.15, -0.1) is 0 Å². The lowest BCUT2D eigenvalue weighted by Gasteiger charge is -2.33. The van der Waals surface area contributed by atoms with E-state index in [1.54, 1.807) is 11.0 Å². The quantitative estimate of drug-likeness (QED) is 0.335. The van der Waals surface area contributed by atoms with E-state index in [4.69, 9.17) is 14.2 Å². The lowest BCUT2D eigenvalue weighted by Crippen LogP contribution is -2.48. The van der Waals surface area contributed by atoms with E-state index in [2.05, 4.69) is 10.2 Å². The van der Waals surface area contributed by atoms with Crippen molar-refractivity contribution >= 4 is 29.7 Å². The number of aliphatic hydroxyl groups excluding tert-OH is 1. The van der Waals surface area contributed by atoms with Crippen molar-refractivity contribution in [1.82, 2.24) is 15.1 Å². The number of likely N-dealkylation sites (N-methyl/N-ethyl adjacent to an activating group) is 1. The summed E-state index contributed by atoms with van der Waals surface area (Å²) in [4.78, 5) is 43.9. The number of nitrogens with one attached hydrogen (secondary N) is 1. The standard InChI is InChI=1S/C35H51FN4O7/c1-23-6-8-30(41)20-33(43)47-34(24(2)7-9-31(23)46-35(44)39-14-12-38(4)13-15-39)25(3)16-26-17-27(36)19-29(18-26)40-11-10-28(21-40)37-32(42)22-45-5/h7,9,16-19,23-24,28,30-31,34,41H,6,8,10-15,20-22H2,1-5H3,(H,37,42)/b9-7-,25-16+/t23-,24-,28-,30+,31-,34-/m0/s1. The summed E-state index contributed by atoms with van der Waals surface area (Å²) < 4.78 is 31.7. The van der Waals surface area contributed by atoms with Gasteiger partial charge in [0.1, 0.15) is 24.6 Å². The van der Waals surface area contributed by atoms with Crippen LogP contribution in [0.5, 0.6) is 0 Å². The molecule has 12 heteroatoms. The molecule has 2 fully saturated rings. The Balaban J connectivity index is 1.52. The number of carbonyl (C=O) groups is 3. The Morgan fingerprint density at radius 2 is 1.83 bits per heavy atom. The highest BCUT2D eigenvalue weighted by Gasteiger charge is 2.30. The summed E-state index contributed by atoms with van der Waals surface area (Å²) in [6.07, 6.45) is 4.61. The maximum absolute atomic E-state index is 14.9. The molecule has 0 radical (unpaired) electrons. The molecule has 0 unspecified atom stereocenters. The van der Waals surface area contributed by atoms with Crippen LogP contribution in [0.4, 0.5) is 14.9 Å². The van der Waals surface area contributed by atoms with Crippen LogP contribution in [0, 0.1) is 17.7 Å². The highest BCUT2D eigenvalue weighted by atomic mass is 19.1. The molecule has 2 amide bonds. The summed E-state index contributed by atoms with van der Waals surface area (Å²) in [6.45, 7) is 9.69. The number of hydrogen-bond acceptors (Lipinski definition) is 9. The fraction of sp³-hybridized carbons (Fsp3) is 0.629. The predicted octanol–water partition coefficient (Wildman–Crippen LogP) is 3.61. The second-order valence-corrected chi connectivity index (χ2v) is 13.3. The molecule has 0 spiro atoms. The maximum Gasteiger partial charge on any atom is 0.410 e. The van der Waals surface area contributed by atoms with Gasteiger partial charge in [-0.05, 0) is 74.6 Å². The number of anilines is 1. The van der Waals surface area contributed by atoms with Gasteiger partial charge in [0, 0.05) is 64.0 Å². The molecule has 0 bridgehead atoms. The van der Waals surface area contributed by atoms with Crippen LogP contribution in [0.15, 0.2) is 35.9 Å². The number of benzene rings is 1. The summed E-state index contributed by atoms with van der Waals surface area (Å²) in [6, 6.07) is 4.72. The number of nitrogens with zero attached hydrogens (tertiary/aromatic N) is 3. The van der Waals surface area contributed by atoms with E-state index in [0.29, 0.717) is 55.8 Å². The lowest BCUT2D eigenvalue weighted by molar-refractivity contribution is -0.151. The zero-order valence-corrected chi connectivity index (χ0v) is 28.3. The highest BCUT2D eigenvalue weighted by molar-refractivity contribution is 5.77. The highest BCUT2D eigenvalue weighted by Crippen LogP contribution is 2.28. The van der Waals surface area contributed by atoms with Crippen molar-refractivity contribution in [1.29, 1.82) is 0 Å².